The molecule has 1 aromatic carbocycles. The summed E-state index contributed by atoms with van der Waals surface area (Å²) in [7, 11) is 12.7. The van der Waals surface area contributed by atoms with E-state index in [0.717, 1.165) is 44.7 Å². The van der Waals surface area contributed by atoms with Crippen LogP contribution in [0.3, 0.4) is 0 Å². The van der Waals surface area contributed by atoms with E-state index in [1.807, 2.05) is 38.1 Å². The van der Waals surface area contributed by atoms with E-state index in [9.17, 15) is 0 Å². The van der Waals surface area contributed by atoms with Gasteiger partial charge in [0.15, 0.2) is 0 Å². The Kier molecular flexibility index (Phi) is 19.2. The van der Waals surface area contributed by atoms with Crippen molar-refractivity contribution >= 4 is 42.2 Å². The number of ether oxygens (including phenoxy) is 8. The van der Waals surface area contributed by atoms with E-state index in [-0.39, 0.29) is 0 Å². The van der Waals surface area contributed by atoms with Crippen LogP contribution in [0.5, 0.6) is 11.5 Å². The van der Waals surface area contributed by atoms with Gasteiger partial charge in [0.2, 0.25) is 0 Å². The van der Waals surface area contributed by atoms with Crippen LogP contribution in [-0.4, -0.2) is 103 Å². The van der Waals surface area contributed by atoms with E-state index in [4.69, 9.17) is 68.3 Å². The van der Waals surface area contributed by atoms with Gasteiger partial charge >= 0.3 is 33.0 Å². The average molecular weight is 662 g/mol. The third kappa shape index (κ3) is 13.5. The molecule has 234 valence electrons. The second-order valence-corrected chi connectivity index (χ2v) is 10.2. The Bertz CT molecular complexity index is 1060. The number of pyridine rings is 2. The zero-order valence-corrected chi connectivity index (χ0v) is 26.5. The van der Waals surface area contributed by atoms with Crippen LogP contribution in [0, 0.1) is 13.8 Å². The minimum atomic E-state index is 0.418. The molecule has 0 radical (unpaired) electrons. The number of fused-ring (bicyclic) bond motifs is 3. The fourth-order valence-corrected chi connectivity index (χ4v) is 3.74. The maximum absolute atomic E-state index is 6.07. The molecule has 2 aromatic heterocycles. The van der Waals surface area contributed by atoms with Gasteiger partial charge in [-0.15, -0.1) is 0 Å². The van der Waals surface area contributed by atoms with Crippen LogP contribution in [0.25, 0.3) is 21.8 Å². The first-order valence-corrected chi connectivity index (χ1v) is 15.9. The van der Waals surface area contributed by atoms with Crippen molar-refractivity contribution < 1.29 is 50.5 Å². The van der Waals surface area contributed by atoms with Gasteiger partial charge in [-0.05, 0) is 26.0 Å². The molecule has 0 saturated carbocycles. The standard InChI is InChI=1S/C28H40N2O8.2ClH.Ni/c1-21-19-25(37-17-15-35-13-11-33-9-7-31-3)23-5-6-24-26(20-22(2)30-28(24)27(23)29-21)38-18-16-36-14-12-34-10-8-32-4;;;/h5-6,19-20H,7-18H2,1-4H3;2*1H;/q;;;+2/p-2. The van der Waals surface area contributed by atoms with Crippen LogP contribution < -0.4 is 9.47 Å². The van der Waals surface area contributed by atoms with Crippen molar-refractivity contribution in [3.8, 4) is 11.5 Å². The number of aryl methyl sites for hydroxylation is 2. The van der Waals surface area contributed by atoms with E-state index in [1.165, 1.54) is 0 Å². The second-order valence-electron chi connectivity index (χ2n) is 8.56. The summed E-state index contributed by atoms with van der Waals surface area (Å²) in [6.45, 7) is 9.99. The van der Waals surface area contributed by atoms with Crippen molar-refractivity contribution in [2.75, 3.05) is 93.5 Å². The normalized spacial score (nSPS) is 11.2. The van der Waals surface area contributed by atoms with Gasteiger partial charge in [-0.3, -0.25) is 9.97 Å². The number of hydrogen-bond donors (Lipinski definition) is 0. The summed E-state index contributed by atoms with van der Waals surface area (Å²) in [5, 5.41) is 1.79. The molecular formula is C28H40Cl2N2NiO8. The van der Waals surface area contributed by atoms with E-state index in [0.29, 0.717) is 91.9 Å². The summed E-state index contributed by atoms with van der Waals surface area (Å²) in [5.74, 6) is 1.50. The van der Waals surface area contributed by atoms with Crippen LogP contribution in [0.15, 0.2) is 24.3 Å². The van der Waals surface area contributed by atoms with Crippen molar-refractivity contribution in [2.45, 2.75) is 13.8 Å². The van der Waals surface area contributed by atoms with E-state index >= 15 is 0 Å². The molecule has 0 atom stereocenters. The van der Waals surface area contributed by atoms with Crippen molar-refractivity contribution in [1.29, 1.82) is 0 Å². The molecule has 10 nitrogen and oxygen atoms in total. The number of benzene rings is 1. The van der Waals surface area contributed by atoms with E-state index in [2.05, 4.69) is 0 Å². The van der Waals surface area contributed by atoms with Crippen molar-refractivity contribution in [3.63, 3.8) is 0 Å². The molecule has 41 heavy (non-hydrogen) atoms. The quantitative estimate of drug-likeness (QED) is 0.0945. The van der Waals surface area contributed by atoms with Gasteiger partial charge in [0.25, 0.3) is 0 Å². The van der Waals surface area contributed by atoms with Gasteiger partial charge in [-0.25, -0.2) is 0 Å². The number of rotatable bonds is 20. The Balaban J connectivity index is 0.00000187. The maximum atomic E-state index is 6.07. The summed E-state index contributed by atoms with van der Waals surface area (Å²) < 4.78 is 44.0. The predicted octanol–water partition coefficient (Wildman–Crippen LogP) is 4.89. The zero-order valence-electron chi connectivity index (χ0n) is 24.0. The summed E-state index contributed by atoms with van der Waals surface area (Å²) in [6, 6.07) is 7.88. The van der Waals surface area contributed by atoms with E-state index in [1.54, 1.807) is 14.2 Å². The second kappa shape index (κ2) is 22.1. The molecular weight excluding hydrogens is 622 g/mol. The first-order valence-electron chi connectivity index (χ1n) is 13.1. The molecule has 0 fully saturated rings. The van der Waals surface area contributed by atoms with Gasteiger partial charge in [0.1, 0.15) is 35.7 Å². The van der Waals surface area contributed by atoms with Gasteiger partial charge in [-0.1, -0.05) is 0 Å². The molecule has 2 heterocycles. The molecule has 0 aliphatic rings. The van der Waals surface area contributed by atoms with Crippen LogP contribution in [0.2, 0.25) is 0 Å². The SMILES string of the molecule is COCCOCCOCCOc1cc(C)nc2c1ccc1c(OCCOCCOCCOC)cc(C)nc12.[Cl][Ni][Cl]. The summed E-state index contributed by atoms with van der Waals surface area (Å²) >= 11 is 0.569. The molecule has 0 N–H and O–H groups in total. The molecule has 0 aliphatic carbocycles. The fourth-order valence-electron chi connectivity index (χ4n) is 3.74. The van der Waals surface area contributed by atoms with Crippen LogP contribution in [0.4, 0.5) is 0 Å². The van der Waals surface area contributed by atoms with Gasteiger partial charge in [-0.2, -0.15) is 0 Å². The molecule has 3 aromatic rings. The summed E-state index contributed by atoms with van der Waals surface area (Å²) in [6.07, 6.45) is 0. The molecule has 0 saturated heterocycles. The Hall–Kier alpha value is -1.53. The van der Waals surface area contributed by atoms with Crippen molar-refractivity contribution in [1.82, 2.24) is 9.97 Å². The fraction of sp³-hybridized carbons (Fsp3) is 0.571. The Morgan fingerprint density at radius 1 is 0.561 bits per heavy atom. The molecule has 0 unspecified atom stereocenters. The van der Waals surface area contributed by atoms with Crippen LogP contribution in [-0.2, 0) is 41.1 Å². The molecule has 0 amide bonds. The monoisotopic (exact) mass is 660 g/mol. The molecule has 0 spiro atoms. The third-order valence-electron chi connectivity index (χ3n) is 5.52. The van der Waals surface area contributed by atoms with Gasteiger partial charge < -0.3 is 37.9 Å². The number of aromatic nitrogens is 2. The van der Waals surface area contributed by atoms with Gasteiger partial charge in [0.05, 0.1) is 66.1 Å². The molecule has 3 rings (SSSR count). The summed E-state index contributed by atoms with van der Waals surface area (Å²) in [4.78, 5) is 9.58. The molecule has 0 bridgehead atoms. The Labute approximate surface area is 256 Å². The number of halogens is 2. The number of nitrogens with zero attached hydrogens (tertiary/aromatic N) is 2. The average Bonchev–Trinajstić information content (AvgIpc) is 2.95. The molecule has 13 heteroatoms. The Morgan fingerprint density at radius 2 is 0.878 bits per heavy atom. The molecule has 0 aliphatic heterocycles. The Morgan fingerprint density at radius 3 is 1.22 bits per heavy atom. The van der Waals surface area contributed by atoms with Gasteiger partial charge in [0, 0.05) is 48.5 Å². The van der Waals surface area contributed by atoms with Crippen molar-refractivity contribution in [2.24, 2.45) is 0 Å². The minimum absolute atomic E-state index is 0.418. The first-order chi connectivity index (χ1) is 20.0. The number of hydrogen-bond acceptors (Lipinski definition) is 10. The predicted molar refractivity (Wildman–Crippen MR) is 156 cm³/mol. The van der Waals surface area contributed by atoms with E-state index < -0.39 is 0 Å². The summed E-state index contributed by atoms with van der Waals surface area (Å²) in [5.41, 5.74) is 3.25. The third-order valence-corrected chi connectivity index (χ3v) is 5.52. The topological polar surface area (TPSA) is 99.6 Å². The van der Waals surface area contributed by atoms with Crippen LogP contribution >= 0.6 is 20.4 Å². The first kappa shape index (κ1) is 35.7. The zero-order chi connectivity index (χ0) is 29.7. The number of methoxy groups -OCH3 is 2. The van der Waals surface area contributed by atoms with Crippen molar-refractivity contribution in [3.05, 3.63) is 35.7 Å². The van der Waals surface area contributed by atoms with Crippen LogP contribution in [0.1, 0.15) is 11.4 Å².